The number of ether oxygens (including phenoxy) is 1. The number of halogens is 1. The van der Waals surface area contributed by atoms with Gasteiger partial charge < -0.3 is 9.15 Å². The second kappa shape index (κ2) is 7.84. The van der Waals surface area contributed by atoms with Crippen molar-refractivity contribution in [2.75, 3.05) is 0 Å². The fourth-order valence-electron chi connectivity index (χ4n) is 2.87. The number of non-ortho nitro benzene ring substituents is 1. The zero-order valence-corrected chi connectivity index (χ0v) is 16.1. The van der Waals surface area contributed by atoms with Gasteiger partial charge in [0.1, 0.15) is 11.5 Å². The third-order valence-corrected chi connectivity index (χ3v) is 4.60. The SMILES string of the molecule is O=C1OC(c2ccc([N+](=O)[O-])cc2Cl)=N/C1=C\c1ccc(-c2ccccc2[N+](=O)[O-])o1. The normalized spacial score (nSPS) is 14.4. The molecule has 0 aliphatic carbocycles. The smallest absolute Gasteiger partial charge is 0.363 e. The van der Waals surface area contributed by atoms with Crippen LogP contribution in [0.2, 0.25) is 5.02 Å². The van der Waals surface area contributed by atoms with Crippen molar-refractivity contribution < 1.29 is 23.8 Å². The quantitative estimate of drug-likeness (QED) is 0.241. The Kier molecular flexibility index (Phi) is 5.05. The number of carbonyl (C=O) groups is 1. The predicted octanol–water partition coefficient (Wildman–Crippen LogP) is 4.76. The highest BCUT2D eigenvalue weighted by Gasteiger charge is 2.27. The Morgan fingerprint density at radius 3 is 2.45 bits per heavy atom. The van der Waals surface area contributed by atoms with E-state index in [0.717, 1.165) is 6.07 Å². The van der Waals surface area contributed by atoms with Crippen LogP contribution in [0.1, 0.15) is 11.3 Å². The third kappa shape index (κ3) is 3.91. The van der Waals surface area contributed by atoms with Crippen LogP contribution in [-0.4, -0.2) is 21.7 Å². The molecule has 0 radical (unpaired) electrons. The fourth-order valence-corrected chi connectivity index (χ4v) is 3.12. The highest BCUT2D eigenvalue weighted by molar-refractivity contribution is 6.34. The van der Waals surface area contributed by atoms with Gasteiger partial charge in [-0.05, 0) is 24.3 Å². The van der Waals surface area contributed by atoms with Crippen molar-refractivity contribution in [1.82, 2.24) is 0 Å². The van der Waals surface area contributed by atoms with Crippen LogP contribution in [-0.2, 0) is 9.53 Å². The van der Waals surface area contributed by atoms with Crippen molar-refractivity contribution in [2.45, 2.75) is 0 Å². The standard InChI is InChI=1S/C20H10ClN3O7/c21-15-9-11(23(26)27)5-7-13(15)19-22-16(20(25)31-19)10-12-6-8-18(30-12)14-3-1-2-4-17(14)24(28)29/h1-10H/b16-10-. The summed E-state index contributed by atoms with van der Waals surface area (Å²) in [4.78, 5) is 37.2. The summed E-state index contributed by atoms with van der Waals surface area (Å²) in [5, 5.41) is 22.0. The second-order valence-electron chi connectivity index (χ2n) is 6.23. The Morgan fingerprint density at radius 2 is 1.74 bits per heavy atom. The van der Waals surface area contributed by atoms with E-state index in [-0.39, 0.29) is 50.6 Å². The van der Waals surface area contributed by atoms with Gasteiger partial charge in [0.15, 0.2) is 5.70 Å². The number of hydrogen-bond donors (Lipinski definition) is 0. The number of esters is 1. The van der Waals surface area contributed by atoms with Gasteiger partial charge in [-0.3, -0.25) is 20.2 Å². The van der Waals surface area contributed by atoms with E-state index in [4.69, 9.17) is 20.8 Å². The van der Waals surface area contributed by atoms with Gasteiger partial charge in [-0.1, -0.05) is 23.7 Å². The van der Waals surface area contributed by atoms with Crippen LogP contribution in [0.4, 0.5) is 11.4 Å². The number of cyclic esters (lactones) is 1. The van der Waals surface area contributed by atoms with Gasteiger partial charge in [-0.25, -0.2) is 9.79 Å². The molecule has 0 N–H and O–H groups in total. The summed E-state index contributed by atoms with van der Waals surface area (Å²) in [7, 11) is 0. The van der Waals surface area contributed by atoms with Gasteiger partial charge >= 0.3 is 5.97 Å². The van der Waals surface area contributed by atoms with Crippen LogP contribution < -0.4 is 0 Å². The number of nitro groups is 2. The topological polar surface area (TPSA) is 138 Å². The highest BCUT2D eigenvalue weighted by atomic mass is 35.5. The first-order chi connectivity index (χ1) is 14.8. The Labute approximate surface area is 178 Å². The van der Waals surface area contributed by atoms with Gasteiger partial charge in [-0.15, -0.1) is 0 Å². The number of furan rings is 1. The molecule has 10 nitrogen and oxygen atoms in total. The van der Waals surface area contributed by atoms with Crippen LogP contribution >= 0.6 is 11.6 Å². The molecule has 0 saturated carbocycles. The largest absolute Gasteiger partial charge is 0.456 e. The number of benzene rings is 2. The average Bonchev–Trinajstić information content (AvgIpc) is 3.35. The molecule has 0 amide bonds. The lowest BCUT2D eigenvalue weighted by molar-refractivity contribution is -0.384. The minimum Gasteiger partial charge on any atom is -0.456 e. The molecule has 4 rings (SSSR count). The molecule has 154 valence electrons. The summed E-state index contributed by atoms with van der Waals surface area (Å²) in [5.74, 6) is -0.414. The van der Waals surface area contributed by atoms with E-state index >= 15 is 0 Å². The molecule has 11 heteroatoms. The summed E-state index contributed by atoms with van der Waals surface area (Å²) in [6.45, 7) is 0. The number of para-hydroxylation sites is 1. The first-order valence-electron chi connectivity index (χ1n) is 8.64. The van der Waals surface area contributed by atoms with Crippen LogP contribution in [0.3, 0.4) is 0 Å². The average molecular weight is 440 g/mol. The minimum absolute atomic E-state index is 0.00123. The zero-order chi connectivity index (χ0) is 22.1. The first-order valence-corrected chi connectivity index (χ1v) is 9.02. The second-order valence-corrected chi connectivity index (χ2v) is 6.64. The van der Waals surface area contributed by atoms with Gasteiger partial charge in [0.25, 0.3) is 11.4 Å². The maximum absolute atomic E-state index is 12.2. The van der Waals surface area contributed by atoms with Gasteiger partial charge in [-0.2, -0.15) is 0 Å². The van der Waals surface area contributed by atoms with Gasteiger partial charge in [0.2, 0.25) is 5.90 Å². The van der Waals surface area contributed by atoms with Crippen molar-refractivity contribution in [2.24, 2.45) is 4.99 Å². The molecule has 0 fully saturated rings. The number of rotatable bonds is 5. The molecule has 0 atom stereocenters. The lowest BCUT2D eigenvalue weighted by Crippen LogP contribution is -2.06. The molecule has 2 aromatic carbocycles. The zero-order valence-electron chi connectivity index (χ0n) is 15.4. The van der Waals surface area contributed by atoms with Crippen molar-refractivity contribution in [3.63, 3.8) is 0 Å². The molecule has 2 heterocycles. The molecule has 1 aliphatic rings. The molecule has 0 bridgehead atoms. The molecule has 1 aliphatic heterocycles. The first kappa shape index (κ1) is 20.0. The Morgan fingerprint density at radius 1 is 0.968 bits per heavy atom. The molecular formula is C20H10ClN3O7. The highest BCUT2D eigenvalue weighted by Crippen LogP contribution is 2.32. The predicted molar refractivity (Wildman–Crippen MR) is 110 cm³/mol. The van der Waals surface area contributed by atoms with E-state index in [0.29, 0.717) is 0 Å². The lowest BCUT2D eigenvalue weighted by atomic mass is 10.1. The van der Waals surface area contributed by atoms with Crippen molar-refractivity contribution >= 4 is 40.9 Å². The lowest BCUT2D eigenvalue weighted by Gasteiger charge is -2.02. The van der Waals surface area contributed by atoms with Crippen LogP contribution in [0.15, 0.2) is 69.7 Å². The maximum atomic E-state index is 12.2. The fraction of sp³-hybridized carbons (Fsp3) is 0. The van der Waals surface area contributed by atoms with E-state index in [1.54, 1.807) is 18.2 Å². The Bertz CT molecular complexity index is 1310. The Hall–Kier alpha value is -4.31. The summed E-state index contributed by atoms with van der Waals surface area (Å²) >= 11 is 6.05. The van der Waals surface area contributed by atoms with Crippen molar-refractivity contribution in [3.05, 3.63) is 96.9 Å². The summed E-state index contributed by atoms with van der Waals surface area (Å²) in [6, 6.07) is 12.8. The number of aliphatic imine (C=N–C) groups is 1. The van der Waals surface area contributed by atoms with E-state index in [9.17, 15) is 25.0 Å². The van der Waals surface area contributed by atoms with Crippen molar-refractivity contribution in [1.29, 1.82) is 0 Å². The molecule has 0 saturated heterocycles. The summed E-state index contributed by atoms with van der Waals surface area (Å²) < 4.78 is 10.7. The van der Waals surface area contributed by atoms with E-state index in [1.165, 1.54) is 36.4 Å². The van der Waals surface area contributed by atoms with E-state index < -0.39 is 15.8 Å². The third-order valence-electron chi connectivity index (χ3n) is 4.29. The number of nitro benzene ring substituents is 2. The molecule has 3 aromatic rings. The molecule has 1 aromatic heterocycles. The summed E-state index contributed by atoms with van der Waals surface area (Å²) in [5.41, 5.74) is 0.0713. The van der Waals surface area contributed by atoms with Crippen LogP contribution in [0.5, 0.6) is 0 Å². The minimum atomic E-state index is -0.770. The number of hydrogen-bond acceptors (Lipinski definition) is 8. The summed E-state index contributed by atoms with van der Waals surface area (Å²) in [6.07, 6.45) is 1.31. The van der Waals surface area contributed by atoms with Crippen molar-refractivity contribution in [3.8, 4) is 11.3 Å². The maximum Gasteiger partial charge on any atom is 0.363 e. The van der Waals surface area contributed by atoms with Gasteiger partial charge in [0, 0.05) is 24.3 Å². The molecule has 0 spiro atoms. The molecule has 0 unspecified atom stereocenters. The van der Waals surface area contributed by atoms with Crippen LogP contribution in [0, 0.1) is 20.2 Å². The van der Waals surface area contributed by atoms with Crippen LogP contribution in [0.25, 0.3) is 17.4 Å². The molecular weight excluding hydrogens is 430 g/mol. The Balaban J connectivity index is 1.65. The monoisotopic (exact) mass is 439 g/mol. The number of nitrogens with zero attached hydrogens (tertiary/aromatic N) is 3. The van der Waals surface area contributed by atoms with E-state index in [2.05, 4.69) is 4.99 Å². The van der Waals surface area contributed by atoms with Gasteiger partial charge in [0.05, 0.1) is 26.0 Å². The van der Waals surface area contributed by atoms with E-state index in [1.807, 2.05) is 0 Å². The number of carbonyl (C=O) groups excluding carboxylic acids is 1. The molecule has 31 heavy (non-hydrogen) atoms.